The molecule has 1 aliphatic rings. The zero-order valence-corrected chi connectivity index (χ0v) is 12.0. The van der Waals surface area contributed by atoms with Crippen LogP contribution in [0.1, 0.15) is 31.4 Å². The van der Waals surface area contributed by atoms with Crippen molar-refractivity contribution in [3.8, 4) is 0 Å². The Morgan fingerprint density at radius 3 is 2.67 bits per heavy atom. The van der Waals surface area contributed by atoms with E-state index in [9.17, 15) is 13.6 Å². The van der Waals surface area contributed by atoms with Crippen LogP contribution in [-0.4, -0.2) is 25.7 Å². The monoisotopic (exact) mass is 298 g/mol. The molecule has 0 saturated carbocycles. The molecule has 1 saturated heterocycles. The van der Waals surface area contributed by atoms with Gasteiger partial charge in [-0.1, -0.05) is 6.07 Å². The number of amides is 1. The molecule has 1 aromatic rings. The maximum absolute atomic E-state index is 13.7. The molecule has 3 N–H and O–H groups in total. The van der Waals surface area contributed by atoms with Crippen molar-refractivity contribution in [2.24, 2.45) is 11.1 Å². The summed E-state index contributed by atoms with van der Waals surface area (Å²) in [5.41, 5.74) is 5.35. The molecule has 1 heterocycles. The Balaban J connectivity index is 2.10. The maximum atomic E-state index is 13.7. The molecule has 1 aromatic carbocycles. The molecule has 2 rings (SSSR count). The quantitative estimate of drug-likeness (QED) is 0.892. The second-order valence-electron chi connectivity index (χ2n) is 5.46. The van der Waals surface area contributed by atoms with E-state index in [1.54, 1.807) is 6.92 Å². The van der Waals surface area contributed by atoms with Gasteiger partial charge in [0.15, 0.2) is 0 Å². The Labute approximate surface area is 122 Å². The molecule has 0 radical (unpaired) electrons. The minimum atomic E-state index is -0.670. The molecule has 1 amide bonds. The molecule has 21 heavy (non-hydrogen) atoms. The normalized spacial score (nSPS) is 19.0. The molecule has 0 bridgehead atoms. The summed E-state index contributed by atoms with van der Waals surface area (Å²) in [6, 6.07) is 2.78. The minimum absolute atomic E-state index is 0.204. The Morgan fingerprint density at radius 1 is 1.43 bits per heavy atom. The van der Waals surface area contributed by atoms with Crippen LogP contribution in [0.4, 0.5) is 8.78 Å². The summed E-state index contributed by atoms with van der Waals surface area (Å²) >= 11 is 0. The molecule has 6 heteroatoms. The van der Waals surface area contributed by atoms with E-state index in [1.165, 1.54) is 12.1 Å². The van der Waals surface area contributed by atoms with Gasteiger partial charge in [-0.3, -0.25) is 4.79 Å². The van der Waals surface area contributed by atoms with Crippen molar-refractivity contribution in [2.75, 3.05) is 19.8 Å². The van der Waals surface area contributed by atoms with Crippen LogP contribution in [0.2, 0.25) is 0 Å². The second kappa shape index (κ2) is 6.49. The number of rotatable bonds is 4. The average molecular weight is 298 g/mol. The number of halogens is 2. The van der Waals surface area contributed by atoms with Crippen molar-refractivity contribution in [1.29, 1.82) is 0 Å². The largest absolute Gasteiger partial charge is 0.381 e. The van der Waals surface area contributed by atoms with Crippen LogP contribution < -0.4 is 11.1 Å². The summed E-state index contributed by atoms with van der Waals surface area (Å²) in [5.74, 6) is -1.52. The predicted molar refractivity (Wildman–Crippen MR) is 74.5 cm³/mol. The lowest BCUT2D eigenvalue weighted by molar-refractivity contribution is -0.136. The fourth-order valence-corrected chi connectivity index (χ4v) is 2.57. The average Bonchev–Trinajstić information content (AvgIpc) is 2.47. The van der Waals surface area contributed by atoms with Gasteiger partial charge in [-0.15, -0.1) is 0 Å². The number of hydrogen-bond donors (Lipinski definition) is 2. The third-order valence-corrected chi connectivity index (χ3v) is 4.10. The van der Waals surface area contributed by atoms with Gasteiger partial charge in [-0.25, -0.2) is 8.78 Å². The highest BCUT2D eigenvalue weighted by atomic mass is 19.1. The van der Waals surface area contributed by atoms with Crippen LogP contribution >= 0.6 is 0 Å². The molecule has 4 nitrogen and oxygen atoms in total. The van der Waals surface area contributed by atoms with Crippen LogP contribution in [0.25, 0.3) is 0 Å². The molecule has 1 fully saturated rings. The summed E-state index contributed by atoms with van der Waals surface area (Å²) in [5, 5.41) is 2.78. The number of carbonyl (C=O) groups excluding carboxylic acids is 1. The Hall–Kier alpha value is -1.53. The van der Waals surface area contributed by atoms with E-state index < -0.39 is 23.1 Å². The van der Waals surface area contributed by atoms with Crippen LogP contribution in [0.3, 0.4) is 0 Å². The van der Waals surface area contributed by atoms with Crippen molar-refractivity contribution < 1.29 is 18.3 Å². The number of hydrogen-bond acceptors (Lipinski definition) is 3. The molecule has 1 aliphatic heterocycles. The summed E-state index contributed by atoms with van der Waals surface area (Å²) in [6.07, 6.45) is 1.10. The molecule has 0 unspecified atom stereocenters. The lowest BCUT2D eigenvalue weighted by Gasteiger charge is -2.35. The van der Waals surface area contributed by atoms with Gasteiger partial charge in [0.1, 0.15) is 11.6 Å². The van der Waals surface area contributed by atoms with Crippen LogP contribution in [0.5, 0.6) is 0 Å². The Bertz CT molecular complexity index is 516. The number of ether oxygens (including phenoxy) is 1. The van der Waals surface area contributed by atoms with Gasteiger partial charge in [-0.2, -0.15) is 0 Å². The lowest BCUT2D eigenvalue weighted by Crippen LogP contribution is -2.49. The van der Waals surface area contributed by atoms with Crippen LogP contribution in [-0.2, 0) is 9.53 Å². The summed E-state index contributed by atoms with van der Waals surface area (Å²) < 4.78 is 31.9. The number of nitrogens with one attached hydrogen (secondary N) is 1. The third-order valence-electron chi connectivity index (χ3n) is 4.10. The first kappa shape index (κ1) is 15.9. The smallest absolute Gasteiger partial charge is 0.228 e. The maximum Gasteiger partial charge on any atom is 0.228 e. The molecule has 0 aromatic heterocycles. The highest BCUT2D eigenvalue weighted by Gasteiger charge is 2.39. The molecule has 1 atom stereocenters. The van der Waals surface area contributed by atoms with Crippen LogP contribution in [0, 0.1) is 17.0 Å². The zero-order chi connectivity index (χ0) is 15.5. The third kappa shape index (κ3) is 3.39. The number of benzene rings is 1. The minimum Gasteiger partial charge on any atom is -0.381 e. The highest BCUT2D eigenvalue weighted by molar-refractivity contribution is 5.83. The van der Waals surface area contributed by atoms with Crippen molar-refractivity contribution in [2.45, 2.75) is 25.8 Å². The first-order chi connectivity index (χ1) is 9.98. The van der Waals surface area contributed by atoms with Gasteiger partial charge in [-0.05, 0) is 25.8 Å². The van der Waals surface area contributed by atoms with Crippen molar-refractivity contribution >= 4 is 5.91 Å². The Morgan fingerprint density at radius 2 is 2.10 bits per heavy atom. The molecule has 116 valence electrons. The van der Waals surface area contributed by atoms with Crippen LogP contribution in [0.15, 0.2) is 18.2 Å². The first-order valence-electron chi connectivity index (χ1n) is 7.02. The summed E-state index contributed by atoms with van der Waals surface area (Å²) in [7, 11) is 0. The van der Waals surface area contributed by atoms with Gasteiger partial charge < -0.3 is 15.8 Å². The molecular formula is C15H20F2N2O2. The summed E-state index contributed by atoms with van der Waals surface area (Å²) in [4.78, 5) is 12.5. The summed E-state index contributed by atoms with van der Waals surface area (Å²) in [6.45, 7) is 2.87. The van der Waals surface area contributed by atoms with Gasteiger partial charge in [0.05, 0.1) is 11.5 Å². The van der Waals surface area contributed by atoms with Gasteiger partial charge >= 0.3 is 0 Å². The van der Waals surface area contributed by atoms with E-state index in [0.717, 1.165) is 6.07 Å². The van der Waals surface area contributed by atoms with E-state index in [4.69, 9.17) is 10.5 Å². The standard InChI is InChI=1S/C15H20F2N2O2/c1-10(12-3-2-11(16)8-13(12)17)19-14(20)15(9-18)4-6-21-7-5-15/h2-3,8,10H,4-7,9,18H2,1H3,(H,19,20)/t10-/m1/s1. The predicted octanol–water partition coefficient (Wildman–Crippen LogP) is 1.90. The van der Waals surface area contributed by atoms with E-state index in [1.807, 2.05) is 0 Å². The van der Waals surface area contributed by atoms with Gasteiger partial charge in [0.25, 0.3) is 0 Å². The van der Waals surface area contributed by atoms with Gasteiger partial charge in [0.2, 0.25) is 5.91 Å². The van der Waals surface area contributed by atoms with E-state index in [0.29, 0.717) is 26.1 Å². The topological polar surface area (TPSA) is 64.4 Å². The molecule has 0 spiro atoms. The highest BCUT2D eigenvalue weighted by Crippen LogP contribution is 2.30. The Kier molecular flexibility index (Phi) is 4.90. The molecule has 0 aliphatic carbocycles. The van der Waals surface area contributed by atoms with E-state index in [-0.39, 0.29) is 18.0 Å². The molecular weight excluding hydrogens is 278 g/mol. The number of carbonyl (C=O) groups is 1. The zero-order valence-electron chi connectivity index (χ0n) is 12.0. The fraction of sp³-hybridized carbons (Fsp3) is 0.533. The van der Waals surface area contributed by atoms with Gasteiger partial charge in [0, 0.05) is 31.4 Å². The SMILES string of the molecule is C[C@@H](NC(=O)C1(CN)CCOCC1)c1ccc(F)cc1F. The van der Waals surface area contributed by atoms with Crippen molar-refractivity contribution in [3.63, 3.8) is 0 Å². The lowest BCUT2D eigenvalue weighted by atomic mass is 9.79. The van der Waals surface area contributed by atoms with E-state index in [2.05, 4.69) is 5.32 Å². The van der Waals surface area contributed by atoms with Crippen molar-refractivity contribution in [1.82, 2.24) is 5.32 Å². The fourth-order valence-electron chi connectivity index (χ4n) is 2.57. The van der Waals surface area contributed by atoms with E-state index >= 15 is 0 Å². The number of nitrogens with two attached hydrogens (primary N) is 1. The first-order valence-corrected chi connectivity index (χ1v) is 7.02. The van der Waals surface area contributed by atoms with Crippen molar-refractivity contribution in [3.05, 3.63) is 35.4 Å². The second-order valence-corrected chi connectivity index (χ2v) is 5.46.